The van der Waals surface area contributed by atoms with E-state index in [0.29, 0.717) is 0 Å². The molecule has 0 aromatic heterocycles. The highest BCUT2D eigenvalue weighted by Gasteiger charge is 2.53. The van der Waals surface area contributed by atoms with E-state index in [2.05, 4.69) is 27.7 Å². The first-order chi connectivity index (χ1) is 4.31. The van der Waals surface area contributed by atoms with Crippen molar-refractivity contribution in [2.75, 3.05) is 0 Å². The maximum Gasteiger partial charge on any atom is 0.0291 e. The smallest absolute Gasteiger partial charge is 0.0291 e. The molecule has 0 saturated heterocycles. The molecule has 0 bridgehead atoms. The molecule has 0 amide bonds. The Hall–Kier alpha value is 0.180. The van der Waals surface area contributed by atoms with Crippen molar-refractivity contribution in [2.24, 2.45) is 10.8 Å². The maximum atomic E-state index is 5.25. The molecule has 10 heavy (non-hydrogen) atoms. The topological polar surface area (TPSA) is 0 Å². The predicted molar refractivity (Wildman–Crippen MR) is 52.8 cm³/mol. The lowest BCUT2D eigenvalue weighted by atomic mass is 9.56. The molecule has 56 valence electrons. The quantitative estimate of drug-likeness (QED) is 0.515. The van der Waals surface area contributed by atoms with Gasteiger partial charge in [-0.15, -0.1) is 0 Å². The van der Waals surface area contributed by atoms with E-state index in [9.17, 15) is 0 Å². The third-order valence-electron chi connectivity index (χ3n) is 2.27. The zero-order valence-corrected chi connectivity index (χ0v) is 8.45. The minimum Gasteiger partial charge on any atom is -0.0877 e. The van der Waals surface area contributed by atoms with Gasteiger partial charge in [0, 0.05) is 20.6 Å². The lowest BCUT2D eigenvalue weighted by molar-refractivity contribution is 0.521. The molecule has 0 N–H and O–H groups in total. The Labute approximate surface area is 73.0 Å². The second-order valence-electron chi connectivity index (χ2n) is 3.91. The first-order valence-electron chi connectivity index (χ1n) is 3.41. The number of hydrogen-bond acceptors (Lipinski definition) is 2. The van der Waals surface area contributed by atoms with Crippen molar-refractivity contribution in [2.45, 2.75) is 27.7 Å². The molecule has 0 nitrogen and oxygen atoms in total. The molecule has 1 aliphatic rings. The first kappa shape index (κ1) is 8.28. The summed E-state index contributed by atoms with van der Waals surface area (Å²) in [4.78, 5) is 2.20. The van der Waals surface area contributed by atoms with Crippen LogP contribution in [-0.4, -0.2) is 9.73 Å². The molecular weight excluding hydrogens is 160 g/mol. The summed E-state index contributed by atoms with van der Waals surface area (Å²) in [7, 11) is 0. The van der Waals surface area contributed by atoms with Gasteiger partial charge in [-0.1, -0.05) is 52.1 Å². The van der Waals surface area contributed by atoms with Gasteiger partial charge in [0.05, 0.1) is 0 Å². The summed E-state index contributed by atoms with van der Waals surface area (Å²) < 4.78 is 0. The molecule has 0 atom stereocenters. The van der Waals surface area contributed by atoms with Crippen LogP contribution in [0.2, 0.25) is 0 Å². The fourth-order valence-corrected chi connectivity index (χ4v) is 2.24. The highest BCUT2D eigenvalue weighted by molar-refractivity contribution is 7.84. The average molecular weight is 172 g/mol. The van der Waals surface area contributed by atoms with Crippen molar-refractivity contribution in [3.63, 3.8) is 0 Å². The summed E-state index contributed by atoms with van der Waals surface area (Å²) in [6.07, 6.45) is 0. The van der Waals surface area contributed by atoms with Crippen LogP contribution < -0.4 is 0 Å². The monoisotopic (exact) mass is 172 g/mol. The second kappa shape index (κ2) is 1.86. The molecule has 2 heteroatoms. The largest absolute Gasteiger partial charge is 0.0877 e. The third kappa shape index (κ3) is 0.721. The average Bonchev–Trinajstić information content (AvgIpc) is 1.84. The summed E-state index contributed by atoms with van der Waals surface area (Å²) in [5.74, 6) is 0. The Morgan fingerprint density at radius 1 is 0.800 bits per heavy atom. The van der Waals surface area contributed by atoms with Gasteiger partial charge in [0.25, 0.3) is 0 Å². The molecule has 1 aliphatic carbocycles. The Morgan fingerprint density at radius 2 is 1.00 bits per heavy atom. The van der Waals surface area contributed by atoms with Crippen LogP contribution in [0.5, 0.6) is 0 Å². The van der Waals surface area contributed by atoms with E-state index in [1.807, 2.05) is 0 Å². The van der Waals surface area contributed by atoms with Crippen LogP contribution >= 0.6 is 24.4 Å². The van der Waals surface area contributed by atoms with Crippen LogP contribution in [0.3, 0.4) is 0 Å². The van der Waals surface area contributed by atoms with E-state index in [0.717, 1.165) is 9.73 Å². The Morgan fingerprint density at radius 3 is 1.10 bits per heavy atom. The molecule has 0 radical (unpaired) electrons. The minimum atomic E-state index is 0.0359. The lowest BCUT2D eigenvalue weighted by Crippen LogP contribution is -2.59. The van der Waals surface area contributed by atoms with Gasteiger partial charge in [-0.25, -0.2) is 0 Å². The normalized spacial score (nSPS) is 28.0. The van der Waals surface area contributed by atoms with Gasteiger partial charge in [0.2, 0.25) is 0 Å². The van der Waals surface area contributed by atoms with Gasteiger partial charge in [0.1, 0.15) is 0 Å². The molecular formula is C8H12S2. The molecule has 0 unspecified atom stereocenters. The molecule has 0 aliphatic heterocycles. The van der Waals surface area contributed by atoms with E-state index in [4.69, 9.17) is 24.4 Å². The van der Waals surface area contributed by atoms with Crippen LogP contribution in [0.4, 0.5) is 0 Å². The fourth-order valence-electron chi connectivity index (χ4n) is 1.71. The van der Waals surface area contributed by atoms with E-state index in [-0.39, 0.29) is 10.8 Å². The second-order valence-corrected chi connectivity index (χ2v) is 4.72. The van der Waals surface area contributed by atoms with Crippen LogP contribution in [0.1, 0.15) is 27.7 Å². The highest BCUT2D eigenvalue weighted by atomic mass is 32.1. The summed E-state index contributed by atoms with van der Waals surface area (Å²) in [6.45, 7) is 8.40. The third-order valence-corrected chi connectivity index (χ3v) is 4.31. The van der Waals surface area contributed by atoms with Crippen LogP contribution in [0.25, 0.3) is 0 Å². The molecule has 0 aromatic rings. The minimum absolute atomic E-state index is 0.0359. The van der Waals surface area contributed by atoms with Crippen molar-refractivity contribution in [1.29, 1.82) is 0 Å². The maximum absolute atomic E-state index is 5.25. The van der Waals surface area contributed by atoms with Gasteiger partial charge in [-0.05, 0) is 0 Å². The standard InChI is InChI=1S/C8H12S2/c1-7(2)5(9)8(3,4)6(7)10/h1-4H3. The van der Waals surface area contributed by atoms with Crippen molar-refractivity contribution >= 4 is 34.2 Å². The molecule has 0 heterocycles. The zero-order valence-electron chi connectivity index (χ0n) is 6.82. The molecule has 0 aromatic carbocycles. The predicted octanol–water partition coefficient (Wildman–Crippen LogP) is 2.79. The summed E-state index contributed by atoms with van der Waals surface area (Å²) in [5.41, 5.74) is 0.0718. The Balaban J connectivity index is 3.00. The van der Waals surface area contributed by atoms with Gasteiger partial charge in [0.15, 0.2) is 0 Å². The Kier molecular flexibility index (Phi) is 1.54. The van der Waals surface area contributed by atoms with Crippen molar-refractivity contribution in [3.05, 3.63) is 0 Å². The summed E-state index contributed by atoms with van der Waals surface area (Å²) >= 11 is 10.5. The number of thiocarbonyl (C=S) groups is 2. The summed E-state index contributed by atoms with van der Waals surface area (Å²) in [6, 6.07) is 0. The fraction of sp³-hybridized carbons (Fsp3) is 0.750. The van der Waals surface area contributed by atoms with Crippen molar-refractivity contribution in [3.8, 4) is 0 Å². The van der Waals surface area contributed by atoms with Crippen LogP contribution in [0, 0.1) is 10.8 Å². The van der Waals surface area contributed by atoms with E-state index in [1.54, 1.807) is 0 Å². The van der Waals surface area contributed by atoms with Crippen LogP contribution in [0.15, 0.2) is 0 Å². The van der Waals surface area contributed by atoms with Gasteiger partial charge in [-0.3, -0.25) is 0 Å². The van der Waals surface area contributed by atoms with Gasteiger partial charge < -0.3 is 0 Å². The Bertz CT molecular complexity index is 171. The molecule has 1 rings (SSSR count). The van der Waals surface area contributed by atoms with Gasteiger partial charge >= 0.3 is 0 Å². The molecule has 1 fully saturated rings. The summed E-state index contributed by atoms with van der Waals surface area (Å²) in [5, 5.41) is 0. The van der Waals surface area contributed by atoms with E-state index < -0.39 is 0 Å². The zero-order chi connectivity index (χ0) is 8.15. The first-order valence-corrected chi connectivity index (χ1v) is 4.22. The van der Waals surface area contributed by atoms with Crippen molar-refractivity contribution in [1.82, 2.24) is 0 Å². The van der Waals surface area contributed by atoms with E-state index >= 15 is 0 Å². The van der Waals surface area contributed by atoms with Crippen molar-refractivity contribution < 1.29 is 0 Å². The highest BCUT2D eigenvalue weighted by Crippen LogP contribution is 2.48. The molecule has 0 spiro atoms. The van der Waals surface area contributed by atoms with Gasteiger partial charge in [-0.2, -0.15) is 0 Å². The molecule has 1 saturated carbocycles. The lowest BCUT2D eigenvalue weighted by Gasteiger charge is -2.51. The number of rotatable bonds is 0. The van der Waals surface area contributed by atoms with E-state index in [1.165, 1.54) is 0 Å². The SMILES string of the molecule is CC1(C)C(=S)C(C)(C)C1=S. The van der Waals surface area contributed by atoms with Crippen LogP contribution in [-0.2, 0) is 0 Å². The number of hydrogen-bond donors (Lipinski definition) is 0.